The van der Waals surface area contributed by atoms with Gasteiger partial charge in [-0.2, -0.15) is 17.2 Å². The molecule has 0 radical (unpaired) electrons. The molecule has 0 aliphatic carbocycles. The quantitative estimate of drug-likeness (QED) is 0.0966. The molecule has 6 heteroatoms. The fourth-order valence-corrected chi connectivity index (χ4v) is 6.62. The molecule has 0 aliphatic rings. The average molecular weight is 812 g/mol. The number of hydrogen-bond acceptors (Lipinski definition) is 3. The molecule has 7 aromatic rings. The molecule has 0 unspecified atom stereocenters. The van der Waals surface area contributed by atoms with Crippen LogP contribution in [-0.4, -0.2) is 19.3 Å². The van der Waals surface area contributed by atoms with Crippen molar-refractivity contribution in [2.75, 3.05) is 0 Å². The maximum Gasteiger partial charge on any atom is 2.00 e. The minimum Gasteiger partial charge on any atom is -0.509 e. The van der Waals surface area contributed by atoms with Crippen LogP contribution < -0.4 is 4.74 Å². The van der Waals surface area contributed by atoms with Gasteiger partial charge in [0.1, 0.15) is 5.82 Å². The largest absolute Gasteiger partial charge is 2.00 e. The van der Waals surface area contributed by atoms with Gasteiger partial charge in [-0.05, 0) is 79.1 Å². The van der Waals surface area contributed by atoms with Crippen molar-refractivity contribution >= 4 is 21.8 Å². The van der Waals surface area contributed by atoms with Crippen molar-refractivity contribution in [3.05, 3.63) is 132 Å². The average Bonchev–Trinajstić information content (AvgIpc) is 3.59. The second-order valence-electron chi connectivity index (χ2n) is 12.3. The molecule has 3 heterocycles. The third-order valence-electron chi connectivity index (χ3n) is 9.03. The van der Waals surface area contributed by atoms with Gasteiger partial charge in [0.2, 0.25) is 0 Å². The van der Waals surface area contributed by atoms with Gasteiger partial charge in [0.25, 0.3) is 0 Å². The molecule has 0 atom stereocenters. The summed E-state index contributed by atoms with van der Waals surface area (Å²) >= 11 is 0. The van der Waals surface area contributed by atoms with Crippen LogP contribution in [0.5, 0.6) is 11.5 Å². The van der Waals surface area contributed by atoms with E-state index in [1.165, 1.54) is 42.2 Å². The smallest absolute Gasteiger partial charge is 0.509 e. The Morgan fingerprint density at radius 2 is 1.58 bits per heavy atom. The Balaban J connectivity index is 0.00000401. The molecule has 4 aromatic carbocycles. The zero-order valence-corrected chi connectivity index (χ0v) is 30.3. The van der Waals surface area contributed by atoms with E-state index in [0.29, 0.717) is 11.5 Å². The number of unbranched alkanes of at least 4 members (excludes halogenated alkanes) is 3. The van der Waals surface area contributed by atoms with Crippen molar-refractivity contribution in [1.82, 2.24) is 19.3 Å². The minimum absolute atomic E-state index is 0. The number of nitrogens with zero attached hydrogens (tertiary/aromatic N) is 4. The van der Waals surface area contributed by atoms with Gasteiger partial charge in [-0.1, -0.05) is 81.1 Å². The van der Waals surface area contributed by atoms with Crippen LogP contribution in [0, 0.1) is 26.0 Å². The van der Waals surface area contributed by atoms with Gasteiger partial charge < -0.3 is 9.30 Å². The van der Waals surface area contributed by atoms with Crippen molar-refractivity contribution in [3.8, 4) is 34.1 Å². The van der Waals surface area contributed by atoms with Crippen molar-refractivity contribution in [2.24, 2.45) is 0 Å². The van der Waals surface area contributed by atoms with Crippen LogP contribution in [0.15, 0.2) is 97.2 Å². The van der Waals surface area contributed by atoms with Crippen LogP contribution in [0.25, 0.3) is 44.4 Å². The van der Waals surface area contributed by atoms with Crippen LogP contribution >= 0.6 is 0 Å². The molecule has 0 fully saturated rings. The fraction of sp³-hybridized carbons (Fsp3) is 0.238. The maximum absolute atomic E-state index is 6.46. The van der Waals surface area contributed by atoms with Crippen LogP contribution in [0.2, 0.25) is 0 Å². The van der Waals surface area contributed by atoms with Crippen LogP contribution in [0.1, 0.15) is 62.0 Å². The molecule has 244 valence electrons. The molecule has 5 nitrogen and oxygen atoms in total. The monoisotopic (exact) mass is 811 g/mol. The number of fused-ring (bicyclic) bond motifs is 3. The number of aryl methyl sites for hydroxylation is 3. The van der Waals surface area contributed by atoms with E-state index in [9.17, 15) is 0 Å². The van der Waals surface area contributed by atoms with Gasteiger partial charge in [0, 0.05) is 34.5 Å². The predicted octanol–water partition coefficient (Wildman–Crippen LogP) is 10.7. The van der Waals surface area contributed by atoms with Crippen LogP contribution in [-0.2, 0) is 33.9 Å². The first-order valence-electron chi connectivity index (χ1n) is 16.8. The van der Waals surface area contributed by atoms with Gasteiger partial charge in [-0.25, -0.2) is 4.98 Å². The number of benzene rings is 4. The standard InChI is InChI=1S/C42H40N4O.Pt/c1-5-7-8-10-14-32-19-22-39-38(25-32)37-21-20-36(28-40(37)45(39)41-26-31(6-2)23-24-43-41)47-35-18-13-17-34(27-35)46-30(4)42(29(3)44-46)33-15-11-9-12-16-33;/h9,11-13,15-26H,5-8,10,14H2,1-4H3;/q-2;+2. The molecule has 0 spiro atoms. The Morgan fingerprint density at radius 1 is 0.750 bits per heavy atom. The molecular weight excluding hydrogens is 772 g/mol. The zero-order valence-electron chi connectivity index (χ0n) is 28.0. The number of hydrogen-bond donors (Lipinski definition) is 0. The molecule has 0 N–H and O–H groups in total. The van der Waals surface area contributed by atoms with Gasteiger partial charge in [0.15, 0.2) is 0 Å². The number of ether oxygens (including phenoxy) is 1. The van der Waals surface area contributed by atoms with E-state index >= 15 is 0 Å². The molecule has 0 saturated heterocycles. The van der Waals surface area contributed by atoms with Gasteiger partial charge >= 0.3 is 21.1 Å². The van der Waals surface area contributed by atoms with E-state index in [1.807, 2.05) is 41.2 Å². The summed E-state index contributed by atoms with van der Waals surface area (Å²) in [6, 6.07) is 38.7. The van der Waals surface area contributed by atoms with Crippen molar-refractivity contribution < 1.29 is 25.8 Å². The molecular formula is C42H40N4OPt. The maximum atomic E-state index is 6.46. The molecule has 7 rings (SSSR count). The summed E-state index contributed by atoms with van der Waals surface area (Å²) in [6.07, 6.45) is 8.95. The van der Waals surface area contributed by atoms with Crippen molar-refractivity contribution in [2.45, 2.75) is 66.2 Å². The summed E-state index contributed by atoms with van der Waals surface area (Å²) in [4.78, 5) is 4.81. The van der Waals surface area contributed by atoms with E-state index in [4.69, 9.17) is 14.8 Å². The number of rotatable bonds is 11. The Labute approximate surface area is 297 Å². The third kappa shape index (κ3) is 6.62. The number of pyridine rings is 1. The van der Waals surface area contributed by atoms with Crippen LogP contribution in [0.4, 0.5) is 0 Å². The van der Waals surface area contributed by atoms with E-state index in [1.54, 1.807) is 0 Å². The van der Waals surface area contributed by atoms with Crippen LogP contribution in [0.3, 0.4) is 0 Å². The first kappa shape index (κ1) is 33.4. The summed E-state index contributed by atoms with van der Waals surface area (Å²) in [6.45, 7) is 8.58. The zero-order chi connectivity index (χ0) is 32.3. The molecule has 0 bridgehead atoms. The Morgan fingerprint density at radius 3 is 2.40 bits per heavy atom. The second kappa shape index (κ2) is 14.7. The summed E-state index contributed by atoms with van der Waals surface area (Å²) in [5, 5.41) is 7.23. The first-order chi connectivity index (χ1) is 23.0. The summed E-state index contributed by atoms with van der Waals surface area (Å²) in [5.74, 6) is 2.12. The Kier molecular flexibility index (Phi) is 10.3. The molecule has 0 saturated carbocycles. The summed E-state index contributed by atoms with van der Waals surface area (Å²) in [5.41, 5.74) is 9.85. The van der Waals surface area contributed by atoms with Crippen molar-refractivity contribution in [3.63, 3.8) is 0 Å². The van der Waals surface area contributed by atoms with E-state index in [-0.39, 0.29) is 21.1 Å². The van der Waals surface area contributed by atoms with E-state index < -0.39 is 0 Å². The SMILES string of the molecule is CCCCCCc1ccc2c(c1)c1ccc(Oc3[c-]c(-n4nc(C)c(-c5ccccc5)c4C)ccc3)[c-]c1n2-c1cc(CC)ccn1.[Pt+2]. The van der Waals surface area contributed by atoms with Gasteiger partial charge in [0.05, 0.1) is 5.69 Å². The fourth-order valence-electron chi connectivity index (χ4n) is 6.62. The molecule has 0 amide bonds. The molecule has 0 aliphatic heterocycles. The Bertz CT molecular complexity index is 2180. The minimum atomic E-state index is 0. The predicted molar refractivity (Wildman–Crippen MR) is 192 cm³/mol. The van der Waals surface area contributed by atoms with Gasteiger partial charge in [-0.15, -0.1) is 35.7 Å². The molecule has 48 heavy (non-hydrogen) atoms. The summed E-state index contributed by atoms with van der Waals surface area (Å²) in [7, 11) is 0. The Hall–Kier alpha value is -4.47. The van der Waals surface area contributed by atoms with Crippen molar-refractivity contribution in [1.29, 1.82) is 0 Å². The van der Waals surface area contributed by atoms with E-state index in [2.05, 4.69) is 105 Å². The first-order valence-corrected chi connectivity index (χ1v) is 16.8. The number of aromatic nitrogens is 4. The molecule has 3 aromatic heterocycles. The second-order valence-corrected chi connectivity index (χ2v) is 12.3. The summed E-state index contributed by atoms with van der Waals surface area (Å²) < 4.78 is 10.6. The van der Waals surface area contributed by atoms with Gasteiger partial charge in [-0.3, -0.25) is 4.68 Å². The topological polar surface area (TPSA) is 44.9 Å². The normalized spacial score (nSPS) is 11.2. The van der Waals surface area contributed by atoms with E-state index in [0.717, 1.165) is 63.3 Å². The third-order valence-corrected chi connectivity index (χ3v) is 9.03.